The van der Waals surface area contributed by atoms with Crippen molar-refractivity contribution in [3.63, 3.8) is 0 Å². The molecule has 0 saturated carbocycles. The minimum Gasteiger partial charge on any atom is -0.420 e. The molecule has 1 amide bonds. The van der Waals surface area contributed by atoms with Crippen molar-refractivity contribution in [3.05, 3.63) is 46.5 Å². The average Bonchev–Trinajstić information content (AvgIpc) is 3.33. The molecule has 6 rings (SSSR count). The monoisotopic (exact) mass is 437 g/mol. The number of hydrogen-bond donors (Lipinski definition) is 2. The van der Waals surface area contributed by atoms with Gasteiger partial charge in [-0.25, -0.2) is 9.97 Å². The van der Waals surface area contributed by atoms with Gasteiger partial charge in [-0.15, -0.1) is 11.3 Å². The highest BCUT2D eigenvalue weighted by molar-refractivity contribution is 7.21. The Morgan fingerprint density at radius 2 is 2.10 bits per heavy atom. The number of carbonyl (C=O) groups excluding carboxylic acids is 1. The van der Waals surface area contributed by atoms with Crippen LogP contribution in [0.15, 0.2) is 24.3 Å². The predicted molar refractivity (Wildman–Crippen MR) is 113 cm³/mol. The number of aromatic nitrogens is 3. The van der Waals surface area contributed by atoms with E-state index in [-0.39, 0.29) is 31.0 Å². The zero-order valence-corrected chi connectivity index (χ0v) is 17.2. The van der Waals surface area contributed by atoms with Gasteiger partial charge in [0.2, 0.25) is 11.8 Å². The zero-order valence-electron chi connectivity index (χ0n) is 16.4. The van der Waals surface area contributed by atoms with Crippen LogP contribution in [-0.2, 0) is 18.0 Å². The van der Waals surface area contributed by atoms with E-state index in [0.717, 1.165) is 21.2 Å². The summed E-state index contributed by atoms with van der Waals surface area (Å²) in [6.07, 6.45) is -0.860. The van der Waals surface area contributed by atoms with E-state index in [0.29, 0.717) is 34.1 Å². The van der Waals surface area contributed by atoms with Crippen LogP contribution in [0.2, 0.25) is 0 Å². The number of ether oxygens (including phenoxy) is 2. The molecule has 5 heterocycles. The third kappa shape index (κ3) is 2.98. The zero-order chi connectivity index (χ0) is 21.1. The number of pyridine rings is 1. The molecule has 10 heteroatoms. The van der Waals surface area contributed by atoms with Crippen LogP contribution in [0.3, 0.4) is 0 Å². The third-order valence-corrected chi connectivity index (χ3v) is 6.53. The van der Waals surface area contributed by atoms with Gasteiger partial charge in [0.25, 0.3) is 5.91 Å². The van der Waals surface area contributed by atoms with E-state index in [1.165, 1.54) is 11.3 Å². The fourth-order valence-electron chi connectivity index (χ4n) is 3.94. The van der Waals surface area contributed by atoms with E-state index < -0.39 is 6.08 Å². The number of rotatable bonds is 2. The summed E-state index contributed by atoms with van der Waals surface area (Å²) in [4.78, 5) is 25.4. The molecule has 0 spiro atoms. The number of hydrogen-bond acceptors (Lipinski definition) is 8. The quantitative estimate of drug-likeness (QED) is 0.461. The van der Waals surface area contributed by atoms with E-state index in [1.54, 1.807) is 6.07 Å². The molecule has 31 heavy (non-hydrogen) atoms. The second-order valence-corrected chi connectivity index (χ2v) is 8.59. The van der Waals surface area contributed by atoms with Gasteiger partial charge in [0.05, 0.1) is 35.7 Å². The first-order valence-electron chi connectivity index (χ1n) is 9.78. The lowest BCUT2D eigenvalue weighted by atomic mass is 10.1. The second-order valence-electron chi connectivity index (χ2n) is 7.53. The number of benzene rings is 1. The van der Waals surface area contributed by atoms with Crippen LogP contribution in [0.1, 0.15) is 27.9 Å². The molecule has 0 bridgehead atoms. The van der Waals surface area contributed by atoms with Gasteiger partial charge in [0.15, 0.2) is 0 Å². The summed E-state index contributed by atoms with van der Waals surface area (Å²) in [6, 6.07) is 7.48. The second kappa shape index (κ2) is 6.82. The molecule has 0 fully saturated rings. The Balaban J connectivity index is 1.45. The molecular formula is C21H16FN5O3S. The Kier molecular flexibility index (Phi) is 4.05. The smallest absolute Gasteiger partial charge is 0.312 e. The number of fused-ring (bicyclic) bond motifs is 6. The van der Waals surface area contributed by atoms with Crippen LogP contribution in [-0.4, -0.2) is 33.4 Å². The van der Waals surface area contributed by atoms with E-state index in [4.69, 9.17) is 9.47 Å². The molecule has 1 aromatic carbocycles. The molecule has 8 nitrogen and oxygen atoms in total. The highest BCUT2D eigenvalue weighted by Gasteiger charge is 2.25. The van der Waals surface area contributed by atoms with Crippen molar-refractivity contribution in [3.8, 4) is 11.8 Å². The number of nitrogens with zero attached hydrogens (tertiary/aromatic N) is 3. The highest BCUT2D eigenvalue weighted by Crippen LogP contribution is 2.41. The van der Waals surface area contributed by atoms with Crippen LogP contribution in [0.5, 0.6) is 11.8 Å². The number of anilines is 1. The fourth-order valence-corrected chi connectivity index (χ4v) is 5.04. The largest absolute Gasteiger partial charge is 0.420 e. The maximum atomic E-state index is 13.8. The number of carbonyl (C=O) groups is 1. The van der Waals surface area contributed by atoms with Gasteiger partial charge in [-0.3, -0.25) is 4.79 Å². The molecule has 0 saturated heterocycles. The summed E-state index contributed by atoms with van der Waals surface area (Å²) in [5, 5.41) is 8.26. The molecule has 0 unspecified atom stereocenters. The van der Waals surface area contributed by atoms with Crippen LogP contribution < -0.4 is 15.4 Å². The standard InChI is InChI=1S/C21H16FN5O3S/c1-9-6-23-17-16-10-2-5-15(30-20-11-7-29-8-13(11)26-21(22)27-20)25-12(10)3-4-14(16)31-18(17)19(28)24-9/h2-5,9,23H,6-8H2,1H3,(H,24,28)/t9-/m0/s1. The summed E-state index contributed by atoms with van der Waals surface area (Å²) < 4.78 is 25.9. The maximum Gasteiger partial charge on any atom is 0.312 e. The lowest BCUT2D eigenvalue weighted by Crippen LogP contribution is -2.34. The van der Waals surface area contributed by atoms with Crippen molar-refractivity contribution >= 4 is 43.9 Å². The minimum absolute atomic E-state index is 0.0363. The normalized spacial score (nSPS) is 17.7. The topological polar surface area (TPSA) is 98.3 Å². The summed E-state index contributed by atoms with van der Waals surface area (Å²) in [5.41, 5.74) is 2.65. The van der Waals surface area contributed by atoms with Gasteiger partial charge in [-0.05, 0) is 25.1 Å². The molecule has 0 radical (unpaired) electrons. The van der Waals surface area contributed by atoms with Gasteiger partial charge < -0.3 is 20.1 Å². The van der Waals surface area contributed by atoms with Gasteiger partial charge in [0, 0.05) is 34.1 Å². The van der Waals surface area contributed by atoms with Crippen molar-refractivity contribution in [2.75, 3.05) is 11.9 Å². The Bertz CT molecular complexity index is 1390. The molecule has 0 aliphatic carbocycles. The lowest BCUT2D eigenvalue weighted by molar-refractivity contribution is 0.0949. The molecule has 2 aliphatic heterocycles. The third-order valence-electron chi connectivity index (χ3n) is 5.38. The first-order chi connectivity index (χ1) is 15.1. The maximum absolute atomic E-state index is 13.8. The molecule has 2 N–H and O–H groups in total. The summed E-state index contributed by atoms with van der Waals surface area (Å²) >= 11 is 1.45. The van der Waals surface area contributed by atoms with E-state index in [9.17, 15) is 9.18 Å². The molecule has 4 aromatic rings. The fraction of sp³-hybridized carbons (Fsp3) is 0.238. The average molecular weight is 437 g/mol. The number of thiophene rings is 1. The van der Waals surface area contributed by atoms with E-state index in [1.807, 2.05) is 25.1 Å². The molecule has 2 aliphatic rings. The van der Waals surface area contributed by atoms with Crippen molar-refractivity contribution < 1.29 is 18.7 Å². The Morgan fingerprint density at radius 1 is 1.19 bits per heavy atom. The molecular weight excluding hydrogens is 421 g/mol. The van der Waals surface area contributed by atoms with Gasteiger partial charge >= 0.3 is 6.08 Å². The van der Waals surface area contributed by atoms with Gasteiger partial charge in [0.1, 0.15) is 4.88 Å². The first kappa shape index (κ1) is 18.4. The minimum atomic E-state index is -0.860. The Morgan fingerprint density at radius 3 is 3.00 bits per heavy atom. The van der Waals surface area contributed by atoms with Crippen molar-refractivity contribution in [2.24, 2.45) is 0 Å². The predicted octanol–water partition coefficient (Wildman–Crippen LogP) is 3.74. The summed E-state index contributed by atoms with van der Waals surface area (Å²) in [7, 11) is 0. The molecule has 156 valence electrons. The first-order valence-corrected chi connectivity index (χ1v) is 10.6. The summed E-state index contributed by atoms with van der Waals surface area (Å²) in [6.45, 7) is 3.11. The number of nitrogens with one attached hydrogen (secondary N) is 2. The van der Waals surface area contributed by atoms with Crippen molar-refractivity contribution in [2.45, 2.75) is 26.2 Å². The number of halogens is 1. The van der Waals surface area contributed by atoms with Gasteiger partial charge in [-0.1, -0.05) is 0 Å². The lowest BCUT2D eigenvalue weighted by Gasteiger charge is -2.10. The van der Waals surface area contributed by atoms with Crippen molar-refractivity contribution in [1.82, 2.24) is 20.3 Å². The molecule has 1 atom stereocenters. The van der Waals surface area contributed by atoms with E-state index >= 15 is 0 Å². The Hall–Kier alpha value is -3.37. The van der Waals surface area contributed by atoms with Crippen LogP contribution >= 0.6 is 11.3 Å². The molecule has 3 aromatic heterocycles. The van der Waals surface area contributed by atoms with E-state index in [2.05, 4.69) is 25.6 Å². The SMILES string of the molecule is C[C@H]1CNc2c(sc3ccc4nc(Oc5nc(F)nc6c5COC6)ccc4c23)C(=O)N1. The van der Waals surface area contributed by atoms with Crippen LogP contribution in [0, 0.1) is 6.08 Å². The highest BCUT2D eigenvalue weighted by atomic mass is 32.1. The van der Waals surface area contributed by atoms with Crippen molar-refractivity contribution in [1.29, 1.82) is 0 Å². The summed E-state index contributed by atoms with van der Waals surface area (Å²) in [5.74, 6) is 0.334. The number of amides is 1. The van der Waals surface area contributed by atoms with Crippen LogP contribution in [0.25, 0.3) is 21.0 Å². The van der Waals surface area contributed by atoms with Gasteiger partial charge in [-0.2, -0.15) is 9.37 Å². The van der Waals surface area contributed by atoms with Crippen LogP contribution in [0.4, 0.5) is 10.1 Å². The Labute approximate surface area is 179 Å².